The molecule has 0 bridgehead atoms. The summed E-state index contributed by atoms with van der Waals surface area (Å²) in [5, 5.41) is 0. The summed E-state index contributed by atoms with van der Waals surface area (Å²) in [4.78, 5) is 0. The van der Waals surface area contributed by atoms with E-state index in [0.717, 1.165) is 17.1 Å². The Morgan fingerprint density at radius 3 is 2.39 bits per heavy atom. The Labute approximate surface area is 107 Å². The molecule has 0 spiro atoms. The van der Waals surface area contributed by atoms with Crippen LogP contribution in [0.1, 0.15) is 11.7 Å². The van der Waals surface area contributed by atoms with Crippen LogP contribution in [-0.4, -0.2) is 13.7 Å². The summed E-state index contributed by atoms with van der Waals surface area (Å²) in [7, 11) is 1.66. The van der Waals surface area contributed by atoms with Crippen LogP contribution in [0, 0.1) is 0 Å². The molecule has 1 unspecified atom stereocenters. The standard InChI is InChI=1S/C15H17NO2/c1-17-15(11-16)12-6-5-9-14(10-12)18-13-7-3-2-4-8-13/h2-10,15H,11,16H2,1H3. The summed E-state index contributed by atoms with van der Waals surface area (Å²) >= 11 is 0. The number of para-hydroxylation sites is 1. The van der Waals surface area contributed by atoms with Crippen LogP contribution in [0.5, 0.6) is 11.5 Å². The Hall–Kier alpha value is -1.84. The fourth-order valence-corrected chi connectivity index (χ4v) is 1.77. The van der Waals surface area contributed by atoms with Crippen LogP contribution in [0.25, 0.3) is 0 Å². The average Bonchev–Trinajstić information content (AvgIpc) is 2.42. The highest BCUT2D eigenvalue weighted by Gasteiger charge is 2.08. The predicted octanol–water partition coefficient (Wildman–Crippen LogP) is 3.13. The molecule has 18 heavy (non-hydrogen) atoms. The van der Waals surface area contributed by atoms with E-state index in [0.29, 0.717) is 6.54 Å². The van der Waals surface area contributed by atoms with Gasteiger partial charge in [0.1, 0.15) is 11.5 Å². The second-order valence-electron chi connectivity index (χ2n) is 3.95. The van der Waals surface area contributed by atoms with Crippen molar-refractivity contribution in [2.24, 2.45) is 5.73 Å². The lowest BCUT2D eigenvalue weighted by Gasteiger charge is -2.14. The van der Waals surface area contributed by atoms with E-state index in [9.17, 15) is 0 Å². The number of nitrogens with two attached hydrogens (primary N) is 1. The molecule has 0 aliphatic heterocycles. The minimum absolute atomic E-state index is 0.0932. The fourth-order valence-electron chi connectivity index (χ4n) is 1.77. The second-order valence-corrected chi connectivity index (χ2v) is 3.95. The normalized spacial score (nSPS) is 12.1. The van der Waals surface area contributed by atoms with Crippen molar-refractivity contribution in [1.82, 2.24) is 0 Å². The van der Waals surface area contributed by atoms with Crippen LogP contribution in [-0.2, 0) is 4.74 Å². The summed E-state index contributed by atoms with van der Waals surface area (Å²) in [6, 6.07) is 17.5. The topological polar surface area (TPSA) is 44.5 Å². The van der Waals surface area contributed by atoms with Crippen LogP contribution >= 0.6 is 0 Å². The highest BCUT2D eigenvalue weighted by Crippen LogP contribution is 2.25. The Balaban J connectivity index is 2.17. The summed E-state index contributed by atoms with van der Waals surface area (Å²) in [5.74, 6) is 1.60. The molecule has 3 nitrogen and oxygen atoms in total. The zero-order valence-electron chi connectivity index (χ0n) is 10.4. The van der Waals surface area contributed by atoms with Crippen LogP contribution in [0.2, 0.25) is 0 Å². The molecule has 2 N–H and O–H groups in total. The Morgan fingerprint density at radius 1 is 1.00 bits per heavy atom. The molecular formula is C15H17NO2. The molecule has 0 radical (unpaired) electrons. The summed E-state index contributed by atoms with van der Waals surface area (Å²) < 4.78 is 11.1. The largest absolute Gasteiger partial charge is 0.457 e. The first-order valence-corrected chi connectivity index (χ1v) is 5.89. The van der Waals surface area contributed by atoms with Gasteiger partial charge in [0, 0.05) is 13.7 Å². The number of hydrogen-bond donors (Lipinski definition) is 1. The molecule has 0 aliphatic rings. The smallest absolute Gasteiger partial charge is 0.127 e. The summed E-state index contributed by atoms with van der Waals surface area (Å²) in [5.41, 5.74) is 6.67. The molecule has 2 rings (SSSR count). The van der Waals surface area contributed by atoms with E-state index in [1.165, 1.54) is 0 Å². The number of ether oxygens (including phenoxy) is 2. The van der Waals surface area contributed by atoms with Gasteiger partial charge in [0.2, 0.25) is 0 Å². The molecule has 0 fully saturated rings. The predicted molar refractivity (Wildman–Crippen MR) is 71.8 cm³/mol. The monoisotopic (exact) mass is 243 g/mol. The summed E-state index contributed by atoms with van der Waals surface area (Å²) in [6.45, 7) is 0.450. The van der Waals surface area contributed by atoms with Crippen molar-refractivity contribution in [2.75, 3.05) is 13.7 Å². The van der Waals surface area contributed by atoms with E-state index in [4.69, 9.17) is 15.2 Å². The lowest BCUT2D eigenvalue weighted by atomic mass is 10.1. The third-order valence-corrected chi connectivity index (χ3v) is 2.71. The van der Waals surface area contributed by atoms with Gasteiger partial charge in [-0.05, 0) is 29.8 Å². The van der Waals surface area contributed by atoms with Gasteiger partial charge >= 0.3 is 0 Å². The number of rotatable bonds is 5. The maximum Gasteiger partial charge on any atom is 0.127 e. The van der Waals surface area contributed by atoms with Crippen LogP contribution in [0.3, 0.4) is 0 Å². The lowest BCUT2D eigenvalue weighted by Crippen LogP contribution is -2.14. The molecule has 0 saturated carbocycles. The van der Waals surface area contributed by atoms with E-state index in [-0.39, 0.29) is 6.10 Å². The zero-order valence-corrected chi connectivity index (χ0v) is 10.4. The molecule has 0 heterocycles. The summed E-state index contributed by atoms with van der Waals surface area (Å²) in [6.07, 6.45) is -0.0932. The first-order chi connectivity index (χ1) is 8.83. The van der Waals surface area contributed by atoms with E-state index < -0.39 is 0 Å². The highest BCUT2D eigenvalue weighted by atomic mass is 16.5. The Morgan fingerprint density at radius 2 is 1.72 bits per heavy atom. The van der Waals surface area contributed by atoms with Crippen molar-refractivity contribution >= 4 is 0 Å². The number of methoxy groups -OCH3 is 1. The van der Waals surface area contributed by atoms with Crippen molar-refractivity contribution in [3.05, 3.63) is 60.2 Å². The molecule has 3 heteroatoms. The van der Waals surface area contributed by atoms with Gasteiger partial charge in [0.15, 0.2) is 0 Å². The van der Waals surface area contributed by atoms with Gasteiger partial charge < -0.3 is 15.2 Å². The van der Waals surface area contributed by atoms with Crippen molar-refractivity contribution in [2.45, 2.75) is 6.10 Å². The Kier molecular flexibility index (Phi) is 4.34. The Bertz CT molecular complexity index is 481. The van der Waals surface area contributed by atoms with Gasteiger partial charge in [-0.1, -0.05) is 30.3 Å². The van der Waals surface area contributed by atoms with E-state index in [2.05, 4.69) is 0 Å². The number of benzene rings is 2. The van der Waals surface area contributed by atoms with Gasteiger partial charge in [-0.25, -0.2) is 0 Å². The third-order valence-electron chi connectivity index (χ3n) is 2.71. The van der Waals surface area contributed by atoms with E-state index in [1.807, 2.05) is 54.6 Å². The zero-order chi connectivity index (χ0) is 12.8. The van der Waals surface area contributed by atoms with E-state index >= 15 is 0 Å². The molecule has 0 saturated heterocycles. The van der Waals surface area contributed by atoms with Gasteiger partial charge in [-0.2, -0.15) is 0 Å². The minimum atomic E-state index is -0.0932. The lowest BCUT2D eigenvalue weighted by molar-refractivity contribution is 0.110. The van der Waals surface area contributed by atoms with Crippen LogP contribution in [0.4, 0.5) is 0 Å². The molecule has 0 aromatic heterocycles. The maximum atomic E-state index is 5.76. The number of hydrogen-bond acceptors (Lipinski definition) is 3. The van der Waals surface area contributed by atoms with Crippen LogP contribution in [0.15, 0.2) is 54.6 Å². The van der Waals surface area contributed by atoms with Gasteiger partial charge in [-0.3, -0.25) is 0 Å². The SMILES string of the molecule is COC(CN)c1cccc(Oc2ccccc2)c1. The minimum Gasteiger partial charge on any atom is -0.457 e. The van der Waals surface area contributed by atoms with Gasteiger partial charge in [0.25, 0.3) is 0 Å². The average molecular weight is 243 g/mol. The quantitative estimate of drug-likeness (QED) is 0.877. The first-order valence-electron chi connectivity index (χ1n) is 5.89. The van der Waals surface area contributed by atoms with Crippen molar-refractivity contribution in [3.63, 3.8) is 0 Å². The van der Waals surface area contributed by atoms with Crippen molar-refractivity contribution in [3.8, 4) is 11.5 Å². The highest BCUT2D eigenvalue weighted by molar-refractivity contribution is 5.34. The van der Waals surface area contributed by atoms with E-state index in [1.54, 1.807) is 7.11 Å². The molecule has 1 atom stereocenters. The van der Waals surface area contributed by atoms with Gasteiger partial charge in [0.05, 0.1) is 6.10 Å². The van der Waals surface area contributed by atoms with Crippen molar-refractivity contribution in [1.29, 1.82) is 0 Å². The van der Waals surface area contributed by atoms with Crippen molar-refractivity contribution < 1.29 is 9.47 Å². The molecule has 0 amide bonds. The second kappa shape index (κ2) is 6.19. The van der Waals surface area contributed by atoms with Gasteiger partial charge in [-0.15, -0.1) is 0 Å². The molecule has 2 aromatic carbocycles. The first kappa shape index (κ1) is 12.6. The molecule has 0 aliphatic carbocycles. The fraction of sp³-hybridized carbons (Fsp3) is 0.200. The maximum absolute atomic E-state index is 5.76. The molecule has 94 valence electrons. The third kappa shape index (κ3) is 3.09. The molecule has 2 aromatic rings. The molecular weight excluding hydrogens is 226 g/mol. The van der Waals surface area contributed by atoms with Crippen LogP contribution < -0.4 is 10.5 Å².